The van der Waals surface area contributed by atoms with Gasteiger partial charge in [0.05, 0.1) is 0 Å². The van der Waals surface area contributed by atoms with Gasteiger partial charge in [-0.2, -0.15) is 0 Å². The molecule has 2 nitrogen and oxygen atoms in total. The third-order valence-electron chi connectivity index (χ3n) is 0. The molecule has 0 aliphatic rings. The Bertz CT molecular complexity index is 8.00. The standard InChI is InChI=1S/Nb.2O.Sc. The second kappa shape index (κ2) is 29.6. The maximum atomic E-state index is 8.31. The Hall–Kier alpha value is 1.21. The van der Waals surface area contributed by atoms with Crippen LogP contribution in [0.25, 0.3) is 0 Å². The van der Waals surface area contributed by atoms with Gasteiger partial charge < -0.3 is 0 Å². The summed E-state index contributed by atoms with van der Waals surface area (Å²) in [7, 11) is 0. The van der Waals surface area contributed by atoms with E-state index in [9.17, 15) is 0 Å². The Kier molecular flexibility index (Phi) is 66.4. The van der Waals surface area contributed by atoms with Crippen molar-refractivity contribution in [1.29, 1.82) is 0 Å². The molecule has 20 valence electrons. The monoisotopic (exact) mass is 170 g/mol. The van der Waals surface area contributed by atoms with Gasteiger partial charge in [-0.05, 0) is 0 Å². The summed E-state index contributed by atoms with van der Waals surface area (Å²) < 4.78 is 16.6. The molecule has 0 aromatic heterocycles. The van der Waals surface area contributed by atoms with Crippen molar-refractivity contribution in [3.8, 4) is 0 Å². The van der Waals surface area contributed by atoms with Crippen molar-refractivity contribution in [2.45, 2.75) is 0 Å². The van der Waals surface area contributed by atoms with E-state index in [4.69, 9.17) is 6.10 Å². The van der Waals surface area contributed by atoms with Gasteiger partial charge in [0.15, 0.2) is 0 Å². The van der Waals surface area contributed by atoms with Crippen LogP contribution in [0.2, 0.25) is 0 Å². The molecule has 0 aliphatic carbocycles. The summed E-state index contributed by atoms with van der Waals surface area (Å²) in [5.41, 5.74) is 0. The maximum absolute atomic E-state index is 8.31. The molecule has 0 saturated heterocycles. The number of rotatable bonds is 0. The molecular weight excluding hydrogens is 170 g/mol. The molecule has 0 fully saturated rings. The molecule has 0 saturated carbocycles. The van der Waals surface area contributed by atoms with Gasteiger partial charge in [-0.25, -0.2) is 0 Å². The van der Waals surface area contributed by atoms with Crippen LogP contribution in [0, 0.1) is 0 Å². The average molecular weight is 170 g/mol. The Morgan fingerprint density at radius 1 is 1.25 bits per heavy atom. The van der Waals surface area contributed by atoms with Crippen molar-refractivity contribution in [1.82, 2.24) is 0 Å². The van der Waals surface area contributed by atoms with E-state index in [0.29, 0.717) is 45.4 Å². The van der Waals surface area contributed by atoms with Crippen LogP contribution in [0.1, 0.15) is 0 Å². The molecule has 0 atom stereocenters. The normalized spacial score (nSPS) is 2.25. The molecule has 0 bridgehead atoms. The van der Waals surface area contributed by atoms with E-state index in [1.165, 1.54) is 0 Å². The summed E-state index contributed by atoms with van der Waals surface area (Å²) in [5, 5.41) is 0. The topological polar surface area (TPSA) is 34.1 Å². The SMILES string of the molecule is [O]=[Nb].[O]=[Sc]. The summed E-state index contributed by atoms with van der Waals surface area (Å²) >= 11 is 0.938. The summed E-state index contributed by atoms with van der Waals surface area (Å²) in [6.07, 6.45) is 0. The van der Waals surface area contributed by atoms with Gasteiger partial charge in [0.2, 0.25) is 0 Å². The molecule has 0 unspecified atom stereocenters. The van der Waals surface area contributed by atoms with Crippen LogP contribution in [0.5, 0.6) is 0 Å². The van der Waals surface area contributed by atoms with Crippen LogP contribution in [0.15, 0.2) is 0 Å². The minimum absolute atomic E-state index is 0.438. The molecule has 0 aromatic rings. The molecule has 0 heterocycles. The van der Waals surface area contributed by atoms with E-state index < -0.39 is 0 Å². The van der Waals surface area contributed by atoms with Gasteiger partial charge in [-0.1, -0.05) is 0 Å². The summed E-state index contributed by atoms with van der Waals surface area (Å²) in [4.78, 5) is 0. The number of hydrogen-bond acceptors (Lipinski definition) is 2. The van der Waals surface area contributed by atoms with Gasteiger partial charge in [0.1, 0.15) is 0 Å². The van der Waals surface area contributed by atoms with E-state index in [1.807, 2.05) is 0 Å². The summed E-state index contributed by atoms with van der Waals surface area (Å²) in [5.74, 6) is 0. The van der Waals surface area contributed by atoms with Crippen molar-refractivity contribution in [2.24, 2.45) is 0 Å². The molecule has 4 heteroatoms. The second-order valence-electron chi connectivity index (χ2n) is 0. The van der Waals surface area contributed by atoms with Crippen LogP contribution < -0.4 is 0 Å². The van der Waals surface area contributed by atoms with Gasteiger partial charge >= 0.3 is 51.5 Å². The molecule has 0 spiro atoms. The molecule has 0 aliphatic heterocycles. The first-order valence-electron chi connectivity index (χ1n) is 0.418. The van der Waals surface area contributed by atoms with Crippen molar-refractivity contribution in [2.75, 3.05) is 0 Å². The zero-order valence-electron chi connectivity index (χ0n) is 1.84. The molecule has 0 rings (SSSR count). The predicted molar refractivity (Wildman–Crippen MR) is 1.37 cm³/mol. The van der Waals surface area contributed by atoms with Crippen molar-refractivity contribution < 1.29 is 51.5 Å². The van der Waals surface area contributed by atoms with Gasteiger partial charge in [0.25, 0.3) is 0 Å². The van der Waals surface area contributed by atoms with Crippen molar-refractivity contribution in [3.05, 3.63) is 0 Å². The van der Waals surface area contributed by atoms with Crippen LogP contribution in [-0.2, 0) is 51.5 Å². The van der Waals surface area contributed by atoms with Gasteiger partial charge in [-0.15, -0.1) is 0 Å². The van der Waals surface area contributed by atoms with Crippen molar-refractivity contribution >= 4 is 0 Å². The molecule has 0 aromatic carbocycles. The first kappa shape index (κ1) is 8.96. The zero-order chi connectivity index (χ0) is 4.00. The second-order valence-corrected chi connectivity index (χ2v) is 0. The van der Waals surface area contributed by atoms with E-state index in [0.717, 1.165) is 0 Å². The molecule has 4 heavy (non-hydrogen) atoms. The fourth-order valence-corrected chi connectivity index (χ4v) is 0. The summed E-state index contributed by atoms with van der Waals surface area (Å²) in [6, 6.07) is 0. The third kappa shape index (κ3) is 10.7. The minimum atomic E-state index is 0.438. The Balaban J connectivity index is 0. The fourth-order valence-electron chi connectivity index (χ4n) is 0. The van der Waals surface area contributed by atoms with Gasteiger partial charge in [0, 0.05) is 0 Å². The quantitative estimate of drug-likeness (QED) is 0.470. The fraction of sp³-hybridized carbons (Fsp3) is 0. The Morgan fingerprint density at radius 2 is 1.25 bits per heavy atom. The molecule has 0 radical (unpaired) electrons. The van der Waals surface area contributed by atoms with E-state index in [-0.39, 0.29) is 0 Å². The van der Waals surface area contributed by atoms with Crippen molar-refractivity contribution in [3.63, 3.8) is 0 Å². The molecule has 0 N–H and O–H groups in total. The first-order valence-corrected chi connectivity index (χ1v) is 2.05. The summed E-state index contributed by atoms with van der Waals surface area (Å²) in [6.45, 7) is 0. The first-order chi connectivity index (χ1) is 2.00. The van der Waals surface area contributed by atoms with E-state index >= 15 is 0 Å². The number of hydrogen-bond donors (Lipinski definition) is 0. The van der Waals surface area contributed by atoms with Crippen LogP contribution in [0.3, 0.4) is 0 Å². The average Bonchev–Trinajstić information content (AvgIpc) is 1.50. The van der Waals surface area contributed by atoms with Crippen LogP contribution >= 0.6 is 0 Å². The van der Waals surface area contributed by atoms with E-state index in [2.05, 4.69) is 0 Å². The molecule has 0 amide bonds. The Labute approximate surface area is 51.2 Å². The Morgan fingerprint density at radius 3 is 1.25 bits per heavy atom. The van der Waals surface area contributed by atoms with E-state index in [1.54, 1.807) is 0 Å². The van der Waals surface area contributed by atoms with Crippen LogP contribution in [-0.4, -0.2) is 0 Å². The predicted octanol–water partition coefficient (Wildman–Crippen LogP) is -0.243. The molecular formula is NbO2Sc. The van der Waals surface area contributed by atoms with Crippen LogP contribution in [0.4, 0.5) is 0 Å². The third-order valence-corrected chi connectivity index (χ3v) is 0. The van der Waals surface area contributed by atoms with Gasteiger partial charge in [-0.3, -0.25) is 0 Å². The zero-order valence-corrected chi connectivity index (χ0v) is 5.84.